The largest absolute Gasteiger partial charge is 0.459 e. The zero-order valence-corrected chi connectivity index (χ0v) is 19.5. The van der Waals surface area contributed by atoms with Crippen LogP contribution in [0.4, 0.5) is 8.78 Å². The van der Waals surface area contributed by atoms with Gasteiger partial charge in [-0.3, -0.25) is 9.59 Å². The first kappa shape index (κ1) is 26.0. The highest BCUT2D eigenvalue weighted by Gasteiger charge is 2.39. The van der Waals surface area contributed by atoms with Crippen LogP contribution < -0.4 is 5.32 Å². The Bertz CT molecular complexity index is 1100. The van der Waals surface area contributed by atoms with Gasteiger partial charge in [-0.15, -0.1) is 0 Å². The molecule has 0 aliphatic heterocycles. The minimum absolute atomic E-state index is 0.0494. The number of rotatable bonds is 11. The third-order valence-corrected chi connectivity index (χ3v) is 5.52. The summed E-state index contributed by atoms with van der Waals surface area (Å²) >= 11 is 0. The number of hydrogen-bond donors (Lipinski definition) is 3. The number of nitrogens with zero attached hydrogens (tertiary/aromatic N) is 2. The number of nitrogens with one attached hydrogen (secondary N) is 2. The second-order valence-electron chi connectivity index (χ2n) is 8.86. The predicted octanol–water partition coefficient (Wildman–Crippen LogP) is 3.40. The van der Waals surface area contributed by atoms with Crippen LogP contribution in [0, 0.1) is 5.41 Å². The zero-order chi connectivity index (χ0) is 25.5. The quantitative estimate of drug-likeness (QED) is 0.358. The smallest absolute Gasteiger partial charge is 0.314 e. The first-order valence-electron chi connectivity index (χ1n) is 11.1. The maximum atomic E-state index is 13.2. The topological polar surface area (TPSA) is 117 Å². The summed E-state index contributed by atoms with van der Waals surface area (Å²) in [4.78, 5) is 25.2. The van der Waals surface area contributed by atoms with E-state index in [1.54, 1.807) is 0 Å². The van der Waals surface area contributed by atoms with Gasteiger partial charge in [0, 0.05) is 13.0 Å². The summed E-state index contributed by atoms with van der Waals surface area (Å²) in [7, 11) is 0. The molecular weight excluding hydrogens is 458 g/mol. The van der Waals surface area contributed by atoms with E-state index in [0.29, 0.717) is 13.3 Å². The highest BCUT2D eigenvalue weighted by Crippen LogP contribution is 2.28. The molecule has 3 aromatic rings. The van der Waals surface area contributed by atoms with E-state index in [1.165, 1.54) is 13.1 Å². The summed E-state index contributed by atoms with van der Waals surface area (Å²) in [5.41, 5.74) is 1.47. The molecule has 3 rings (SSSR count). The molecule has 2 atom stereocenters. The van der Waals surface area contributed by atoms with Gasteiger partial charge in [-0.05, 0) is 36.5 Å². The molecule has 1 aromatic heterocycles. The normalized spacial score (nSPS) is 14.1. The van der Waals surface area contributed by atoms with Crippen molar-refractivity contribution in [3.05, 3.63) is 72.1 Å². The first-order valence-corrected chi connectivity index (χ1v) is 11.1. The average Bonchev–Trinajstić information content (AvgIpc) is 3.38. The van der Waals surface area contributed by atoms with Crippen LogP contribution in [-0.4, -0.2) is 57.6 Å². The first-order chi connectivity index (χ1) is 16.6. The van der Waals surface area contributed by atoms with E-state index in [0.717, 1.165) is 16.7 Å². The molecule has 1 amide bonds. The standard InChI is InChI=1S/C25H28F2N4O4/c1-24(15-32,23(34)35-16-25(2,26)27)13-20(29-22(33)21-14-28-31-30-21)12-17-8-10-19(11-9-17)18-6-4-3-5-7-18/h3-11,14,20,32H,12-13,15-16H2,1-2H3,(H,29,33)(H,28,30,31)/t20-,24+/m1/s1. The van der Waals surface area contributed by atoms with Crippen LogP contribution in [0.2, 0.25) is 0 Å². The molecule has 10 heteroatoms. The number of aromatic amines is 1. The fourth-order valence-electron chi connectivity index (χ4n) is 3.62. The lowest BCUT2D eigenvalue weighted by atomic mass is 9.82. The van der Waals surface area contributed by atoms with Gasteiger partial charge in [0.25, 0.3) is 11.8 Å². The van der Waals surface area contributed by atoms with Gasteiger partial charge < -0.3 is 15.2 Å². The van der Waals surface area contributed by atoms with Crippen molar-refractivity contribution in [1.29, 1.82) is 0 Å². The highest BCUT2D eigenvalue weighted by molar-refractivity contribution is 5.92. The highest BCUT2D eigenvalue weighted by atomic mass is 19.3. The number of alkyl halides is 2. The SMILES string of the molecule is CC(F)(F)COC(=O)[C@](C)(CO)C[C@@H](Cc1ccc(-c2ccccc2)cc1)NC(=O)c1cn[nH]n1. The van der Waals surface area contributed by atoms with E-state index in [9.17, 15) is 23.5 Å². The van der Waals surface area contributed by atoms with Crippen molar-refractivity contribution < 1.29 is 28.2 Å². The van der Waals surface area contributed by atoms with Crippen LogP contribution in [-0.2, 0) is 16.0 Å². The van der Waals surface area contributed by atoms with E-state index >= 15 is 0 Å². The van der Waals surface area contributed by atoms with E-state index in [1.807, 2.05) is 54.6 Å². The summed E-state index contributed by atoms with van der Waals surface area (Å²) in [5, 5.41) is 22.5. The molecule has 0 bridgehead atoms. The number of amides is 1. The van der Waals surface area contributed by atoms with Crippen molar-refractivity contribution in [3.63, 3.8) is 0 Å². The number of carbonyl (C=O) groups excluding carboxylic acids is 2. The van der Waals surface area contributed by atoms with Crippen LogP contribution in [0.15, 0.2) is 60.8 Å². The molecule has 0 saturated heterocycles. The molecule has 35 heavy (non-hydrogen) atoms. The minimum Gasteiger partial charge on any atom is -0.459 e. The van der Waals surface area contributed by atoms with Crippen LogP contribution in [0.25, 0.3) is 11.1 Å². The minimum atomic E-state index is -3.20. The van der Waals surface area contributed by atoms with Crippen LogP contribution in [0.5, 0.6) is 0 Å². The van der Waals surface area contributed by atoms with Gasteiger partial charge in [0.15, 0.2) is 12.3 Å². The number of aliphatic hydroxyl groups is 1. The van der Waals surface area contributed by atoms with Crippen LogP contribution >= 0.6 is 0 Å². The Balaban J connectivity index is 1.79. The fourth-order valence-corrected chi connectivity index (χ4v) is 3.62. The molecule has 0 fully saturated rings. The molecule has 0 spiro atoms. The molecule has 1 heterocycles. The summed E-state index contributed by atoms with van der Waals surface area (Å²) < 4.78 is 31.2. The summed E-state index contributed by atoms with van der Waals surface area (Å²) in [6.45, 7) is 0.302. The maximum absolute atomic E-state index is 13.2. The monoisotopic (exact) mass is 486 g/mol. The Kier molecular flexibility index (Phi) is 8.29. The second-order valence-corrected chi connectivity index (χ2v) is 8.86. The lowest BCUT2D eigenvalue weighted by Gasteiger charge is -2.30. The molecule has 8 nitrogen and oxygen atoms in total. The lowest BCUT2D eigenvalue weighted by Crippen LogP contribution is -2.45. The Morgan fingerprint density at radius 2 is 1.74 bits per heavy atom. The fraction of sp³-hybridized carbons (Fsp3) is 0.360. The third-order valence-electron chi connectivity index (χ3n) is 5.52. The number of aliphatic hydroxyl groups excluding tert-OH is 1. The molecular formula is C25H28F2N4O4. The third kappa shape index (κ3) is 7.41. The van der Waals surface area contributed by atoms with Gasteiger partial charge in [-0.1, -0.05) is 54.6 Å². The number of aromatic nitrogens is 3. The van der Waals surface area contributed by atoms with Crippen molar-refractivity contribution in [2.24, 2.45) is 5.41 Å². The van der Waals surface area contributed by atoms with Crippen LogP contribution in [0.1, 0.15) is 36.3 Å². The van der Waals surface area contributed by atoms with Gasteiger partial charge in [-0.2, -0.15) is 15.4 Å². The second kappa shape index (κ2) is 11.2. The number of halogens is 2. The van der Waals surface area contributed by atoms with E-state index < -0.39 is 42.5 Å². The van der Waals surface area contributed by atoms with Crippen molar-refractivity contribution in [2.45, 2.75) is 38.7 Å². The maximum Gasteiger partial charge on any atom is 0.314 e. The average molecular weight is 487 g/mol. The van der Waals surface area contributed by atoms with E-state index in [2.05, 4.69) is 20.7 Å². The molecule has 0 aliphatic carbocycles. The lowest BCUT2D eigenvalue weighted by molar-refractivity contribution is -0.167. The molecule has 0 unspecified atom stereocenters. The molecule has 0 saturated carbocycles. The van der Waals surface area contributed by atoms with Gasteiger partial charge >= 0.3 is 5.97 Å². The van der Waals surface area contributed by atoms with Crippen molar-refractivity contribution in [2.75, 3.05) is 13.2 Å². The zero-order valence-electron chi connectivity index (χ0n) is 19.5. The van der Waals surface area contributed by atoms with Gasteiger partial charge in [0.05, 0.1) is 18.2 Å². The van der Waals surface area contributed by atoms with Crippen LogP contribution in [0.3, 0.4) is 0 Å². The molecule has 2 aromatic carbocycles. The number of ether oxygens (including phenoxy) is 1. The Morgan fingerprint density at radius 3 is 2.31 bits per heavy atom. The summed E-state index contributed by atoms with van der Waals surface area (Å²) in [6, 6.07) is 16.9. The molecule has 0 radical (unpaired) electrons. The summed E-state index contributed by atoms with van der Waals surface area (Å²) in [5.74, 6) is -4.70. The van der Waals surface area contributed by atoms with Crippen molar-refractivity contribution in [1.82, 2.24) is 20.7 Å². The molecule has 0 aliphatic rings. The summed E-state index contributed by atoms with van der Waals surface area (Å²) in [6.07, 6.45) is 1.51. The van der Waals surface area contributed by atoms with Crippen molar-refractivity contribution >= 4 is 11.9 Å². The van der Waals surface area contributed by atoms with Gasteiger partial charge in [0.1, 0.15) is 0 Å². The van der Waals surface area contributed by atoms with Gasteiger partial charge in [-0.25, -0.2) is 8.78 Å². The predicted molar refractivity (Wildman–Crippen MR) is 125 cm³/mol. The number of hydrogen-bond acceptors (Lipinski definition) is 6. The van der Waals surface area contributed by atoms with Crippen molar-refractivity contribution in [3.8, 4) is 11.1 Å². The Hall–Kier alpha value is -3.66. The number of esters is 1. The Labute approximate surface area is 201 Å². The molecule has 3 N–H and O–H groups in total. The number of benzene rings is 2. The molecule has 186 valence electrons. The van der Waals surface area contributed by atoms with E-state index in [4.69, 9.17) is 4.74 Å². The van der Waals surface area contributed by atoms with E-state index in [-0.39, 0.29) is 12.1 Å². The Morgan fingerprint density at radius 1 is 1.09 bits per heavy atom. The van der Waals surface area contributed by atoms with Gasteiger partial charge in [0.2, 0.25) is 0 Å². The number of H-pyrrole nitrogens is 1. The number of carbonyl (C=O) groups is 2.